The molecule has 2 aliphatic rings. The number of ether oxygens (including phenoxy) is 2. The normalized spacial score (nSPS) is 19.4. The molecule has 2 saturated heterocycles. The van der Waals surface area contributed by atoms with E-state index in [2.05, 4.69) is 47.8 Å². The second-order valence-electron chi connectivity index (χ2n) is 6.71. The van der Waals surface area contributed by atoms with Crippen molar-refractivity contribution in [1.82, 2.24) is 10.2 Å². The van der Waals surface area contributed by atoms with E-state index < -0.39 is 5.79 Å². The van der Waals surface area contributed by atoms with E-state index in [0.29, 0.717) is 32.8 Å². The number of hydrogen-bond acceptors (Lipinski definition) is 3. The van der Waals surface area contributed by atoms with Crippen LogP contribution in [0.5, 0.6) is 0 Å². The third-order valence-corrected chi connectivity index (χ3v) is 5.18. The summed E-state index contributed by atoms with van der Waals surface area (Å²) in [6, 6.07) is 14.7. The van der Waals surface area contributed by atoms with Crippen LogP contribution in [0.1, 0.15) is 18.4 Å². The molecule has 2 heterocycles. The SMILES string of the molecule is O=C(NCCc1cccc2ccccc12)N1CCC2(CC1)OCCO2. The Balaban J connectivity index is 1.29. The summed E-state index contributed by atoms with van der Waals surface area (Å²) >= 11 is 0. The summed E-state index contributed by atoms with van der Waals surface area (Å²) in [6.07, 6.45) is 2.34. The predicted octanol–water partition coefficient (Wildman–Crippen LogP) is 2.93. The Kier molecular flexibility index (Phi) is 4.59. The lowest BCUT2D eigenvalue weighted by Gasteiger charge is -2.37. The first-order valence-corrected chi connectivity index (χ1v) is 9.03. The molecule has 1 N–H and O–H groups in total. The number of likely N-dealkylation sites (tertiary alicyclic amines) is 1. The summed E-state index contributed by atoms with van der Waals surface area (Å²) in [7, 11) is 0. The van der Waals surface area contributed by atoms with E-state index >= 15 is 0 Å². The molecule has 0 unspecified atom stereocenters. The molecular formula is C20H24N2O3. The van der Waals surface area contributed by atoms with Crippen LogP contribution in [0.4, 0.5) is 4.79 Å². The Morgan fingerprint density at radius 2 is 1.76 bits per heavy atom. The van der Waals surface area contributed by atoms with Crippen molar-refractivity contribution in [3.8, 4) is 0 Å². The van der Waals surface area contributed by atoms with Gasteiger partial charge >= 0.3 is 6.03 Å². The van der Waals surface area contributed by atoms with Crippen LogP contribution < -0.4 is 5.32 Å². The molecule has 2 amide bonds. The molecule has 0 radical (unpaired) electrons. The fraction of sp³-hybridized carbons (Fsp3) is 0.450. The van der Waals surface area contributed by atoms with Crippen molar-refractivity contribution in [2.45, 2.75) is 25.0 Å². The molecule has 1 spiro atoms. The van der Waals surface area contributed by atoms with Gasteiger partial charge in [0.15, 0.2) is 5.79 Å². The van der Waals surface area contributed by atoms with Gasteiger partial charge in [-0.3, -0.25) is 0 Å². The average molecular weight is 340 g/mol. The van der Waals surface area contributed by atoms with Gasteiger partial charge in [-0.1, -0.05) is 42.5 Å². The second-order valence-corrected chi connectivity index (χ2v) is 6.71. The number of hydrogen-bond donors (Lipinski definition) is 1. The molecule has 2 aliphatic heterocycles. The maximum absolute atomic E-state index is 12.4. The minimum Gasteiger partial charge on any atom is -0.347 e. The van der Waals surface area contributed by atoms with Crippen LogP contribution in [0.25, 0.3) is 10.8 Å². The second kappa shape index (κ2) is 7.02. The molecule has 0 saturated carbocycles. The maximum atomic E-state index is 12.4. The van der Waals surface area contributed by atoms with Crippen LogP contribution in [0, 0.1) is 0 Å². The summed E-state index contributed by atoms with van der Waals surface area (Å²) in [5.74, 6) is -0.431. The zero-order chi connectivity index (χ0) is 17.1. The molecule has 2 aromatic carbocycles. The Morgan fingerprint density at radius 3 is 2.56 bits per heavy atom. The summed E-state index contributed by atoms with van der Waals surface area (Å²) in [5, 5.41) is 5.55. The molecule has 2 aromatic rings. The van der Waals surface area contributed by atoms with Crippen molar-refractivity contribution in [2.75, 3.05) is 32.8 Å². The molecule has 0 aliphatic carbocycles. The van der Waals surface area contributed by atoms with E-state index in [1.165, 1.54) is 16.3 Å². The third-order valence-electron chi connectivity index (χ3n) is 5.18. The number of fused-ring (bicyclic) bond motifs is 1. The standard InChI is InChI=1S/C20H24N2O3/c23-19(22-12-9-20(10-13-22)24-14-15-25-20)21-11-8-17-6-3-5-16-4-1-2-7-18(16)17/h1-7H,8-15H2,(H,21,23). The van der Waals surface area contributed by atoms with Crippen molar-refractivity contribution in [3.05, 3.63) is 48.0 Å². The highest BCUT2D eigenvalue weighted by molar-refractivity contribution is 5.85. The number of nitrogens with one attached hydrogen (secondary N) is 1. The summed E-state index contributed by atoms with van der Waals surface area (Å²) in [6.45, 7) is 3.33. The van der Waals surface area contributed by atoms with Gasteiger partial charge in [-0.15, -0.1) is 0 Å². The van der Waals surface area contributed by atoms with Crippen molar-refractivity contribution in [3.63, 3.8) is 0 Å². The Morgan fingerprint density at radius 1 is 1.04 bits per heavy atom. The van der Waals surface area contributed by atoms with E-state index in [0.717, 1.165) is 19.3 Å². The highest BCUT2D eigenvalue weighted by Gasteiger charge is 2.40. The lowest BCUT2D eigenvalue weighted by molar-refractivity contribution is -0.181. The van der Waals surface area contributed by atoms with E-state index in [-0.39, 0.29) is 6.03 Å². The van der Waals surface area contributed by atoms with Gasteiger partial charge in [0.25, 0.3) is 0 Å². The molecule has 5 nitrogen and oxygen atoms in total. The van der Waals surface area contributed by atoms with Gasteiger partial charge < -0.3 is 19.7 Å². The Hall–Kier alpha value is -2.11. The lowest BCUT2D eigenvalue weighted by atomic mass is 10.0. The van der Waals surface area contributed by atoms with Crippen LogP contribution in [0.3, 0.4) is 0 Å². The zero-order valence-electron chi connectivity index (χ0n) is 14.4. The first-order valence-electron chi connectivity index (χ1n) is 9.03. The number of rotatable bonds is 3. The van der Waals surface area contributed by atoms with Gasteiger partial charge in [0.2, 0.25) is 0 Å². The first kappa shape index (κ1) is 16.4. The summed E-state index contributed by atoms with van der Waals surface area (Å²) in [5.41, 5.74) is 1.27. The first-order chi connectivity index (χ1) is 12.3. The topological polar surface area (TPSA) is 50.8 Å². The molecule has 4 rings (SSSR count). The predicted molar refractivity (Wildman–Crippen MR) is 96.5 cm³/mol. The third kappa shape index (κ3) is 3.48. The van der Waals surface area contributed by atoms with Crippen molar-refractivity contribution < 1.29 is 14.3 Å². The number of amides is 2. The molecule has 25 heavy (non-hydrogen) atoms. The molecule has 132 valence electrons. The van der Waals surface area contributed by atoms with Gasteiger partial charge in [-0.05, 0) is 22.8 Å². The summed E-state index contributed by atoms with van der Waals surface area (Å²) < 4.78 is 11.4. The number of piperidine rings is 1. The smallest absolute Gasteiger partial charge is 0.317 e. The van der Waals surface area contributed by atoms with Gasteiger partial charge in [-0.25, -0.2) is 4.79 Å². The van der Waals surface area contributed by atoms with E-state index in [4.69, 9.17) is 9.47 Å². The molecule has 2 fully saturated rings. The van der Waals surface area contributed by atoms with Crippen LogP contribution in [0.15, 0.2) is 42.5 Å². The van der Waals surface area contributed by atoms with Gasteiger partial charge in [-0.2, -0.15) is 0 Å². The van der Waals surface area contributed by atoms with E-state index in [9.17, 15) is 4.79 Å². The van der Waals surface area contributed by atoms with E-state index in [1.54, 1.807) is 0 Å². The van der Waals surface area contributed by atoms with Gasteiger partial charge in [0, 0.05) is 32.5 Å². The van der Waals surface area contributed by atoms with Crippen molar-refractivity contribution in [1.29, 1.82) is 0 Å². The highest BCUT2D eigenvalue weighted by atomic mass is 16.7. The van der Waals surface area contributed by atoms with Crippen molar-refractivity contribution in [2.24, 2.45) is 0 Å². The number of carbonyl (C=O) groups excluding carboxylic acids is 1. The lowest BCUT2D eigenvalue weighted by Crippen LogP contribution is -2.50. The zero-order valence-corrected chi connectivity index (χ0v) is 14.4. The Bertz CT molecular complexity index is 740. The number of carbonyl (C=O) groups is 1. The number of benzene rings is 2. The minimum absolute atomic E-state index is 0.00748. The number of urea groups is 1. The Labute approximate surface area is 147 Å². The fourth-order valence-corrected chi connectivity index (χ4v) is 3.76. The van der Waals surface area contributed by atoms with E-state index in [1.807, 2.05) is 4.90 Å². The maximum Gasteiger partial charge on any atom is 0.317 e. The van der Waals surface area contributed by atoms with Crippen LogP contribution >= 0.6 is 0 Å². The van der Waals surface area contributed by atoms with Crippen LogP contribution in [-0.2, 0) is 15.9 Å². The molecule has 0 atom stereocenters. The van der Waals surface area contributed by atoms with Crippen LogP contribution in [0.2, 0.25) is 0 Å². The molecule has 0 aromatic heterocycles. The monoisotopic (exact) mass is 340 g/mol. The summed E-state index contributed by atoms with van der Waals surface area (Å²) in [4.78, 5) is 14.2. The minimum atomic E-state index is -0.431. The highest BCUT2D eigenvalue weighted by Crippen LogP contribution is 2.31. The fourth-order valence-electron chi connectivity index (χ4n) is 3.76. The molecule has 5 heteroatoms. The van der Waals surface area contributed by atoms with Gasteiger partial charge in [0.05, 0.1) is 13.2 Å². The molecule has 0 bridgehead atoms. The number of nitrogens with zero attached hydrogens (tertiary/aromatic N) is 1. The average Bonchev–Trinajstić information content (AvgIpc) is 3.10. The van der Waals surface area contributed by atoms with Crippen molar-refractivity contribution >= 4 is 16.8 Å². The quantitative estimate of drug-likeness (QED) is 0.935. The molecular weight excluding hydrogens is 316 g/mol. The largest absolute Gasteiger partial charge is 0.347 e. The van der Waals surface area contributed by atoms with Crippen LogP contribution in [-0.4, -0.2) is 49.6 Å². The van der Waals surface area contributed by atoms with Gasteiger partial charge in [0.1, 0.15) is 0 Å².